The molecule has 3 N–H and O–H groups in total. The highest BCUT2D eigenvalue weighted by Crippen LogP contribution is 2.23. The third-order valence-corrected chi connectivity index (χ3v) is 4.32. The van der Waals surface area contributed by atoms with Gasteiger partial charge in [-0.2, -0.15) is 0 Å². The van der Waals surface area contributed by atoms with Crippen molar-refractivity contribution in [2.45, 2.75) is 4.90 Å². The Labute approximate surface area is 117 Å². The second-order valence-corrected chi connectivity index (χ2v) is 6.19. The molecule has 0 fully saturated rings. The van der Waals surface area contributed by atoms with Gasteiger partial charge in [0, 0.05) is 10.2 Å². The third kappa shape index (κ3) is 3.21. The van der Waals surface area contributed by atoms with Gasteiger partial charge < -0.3 is 5.73 Å². The maximum atomic E-state index is 12.7. The Kier molecular flexibility index (Phi) is 3.72. The van der Waals surface area contributed by atoms with Crippen LogP contribution in [0.1, 0.15) is 0 Å². The first-order valence-corrected chi connectivity index (χ1v) is 7.35. The Hall–Kier alpha value is -1.67. The van der Waals surface area contributed by atoms with Crippen LogP contribution in [0.2, 0.25) is 0 Å². The van der Waals surface area contributed by atoms with E-state index in [9.17, 15) is 12.8 Å². The second kappa shape index (κ2) is 5.14. The molecule has 0 saturated carbocycles. The number of pyridine rings is 1. The van der Waals surface area contributed by atoms with E-state index in [4.69, 9.17) is 5.73 Å². The van der Waals surface area contributed by atoms with Crippen molar-refractivity contribution in [3.8, 4) is 0 Å². The molecule has 2 aromatic rings. The lowest BCUT2D eigenvalue weighted by Gasteiger charge is -2.08. The molecular weight excluding hydrogens is 337 g/mol. The molecule has 1 aromatic carbocycles. The van der Waals surface area contributed by atoms with Crippen molar-refractivity contribution < 1.29 is 12.8 Å². The SMILES string of the molecule is Nc1cc(S(=O)(=O)Nc2ccc(F)cn2)ccc1Br. The van der Waals surface area contributed by atoms with Crippen LogP contribution in [0.3, 0.4) is 0 Å². The van der Waals surface area contributed by atoms with E-state index in [-0.39, 0.29) is 10.7 Å². The number of nitrogens with one attached hydrogen (secondary N) is 1. The Morgan fingerprint density at radius 2 is 2.00 bits per heavy atom. The summed E-state index contributed by atoms with van der Waals surface area (Å²) < 4.78 is 39.6. The molecule has 5 nitrogen and oxygen atoms in total. The van der Waals surface area contributed by atoms with Crippen LogP contribution in [0.4, 0.5) is 15.9 Å². The highest BCUT2D eigenvalue weighted by molar-refractivity contribution is 9.10. The summed E-state index contributed by atoms with van der Waals surface area (Å²) >= 11 is 3.18. The van der Waals surface area contributed by atoms with Gasteiger partial charge in [-0.3, -0.25) is 4.72 Å². The Morgan fingerprint density at radius 1 is 1.26 bits per heavy atom. The molecule has 100 valence electrons. The lowest BCUT2D eigenvalue weighted by molar-refractivity contribution is 0.600. The molecule has 0 atom stereocenters. The maximum Gasteiger partial charge on any atom is 0.263 e. The van der Waals surface area contributed by atoms with Gasteiger partial charge >= 0.3 is 0 Å². The molecular formula is C11H9BrFN3O2S. The van der Waals surface area contributed by atoms with Gasteiger partial charge in [-0.1, -0.05) is 0 Å². The second-order valence-electron chi connectivity index (χ2n) is 3.65. The standard InChI is InChI=1S/C11H9BrFN3O2S/c12-9-3-2-8(5-10(9)14)19(17,18)16-11-4-1-7(13)6-15-11/h1-6H,14H2,(H,15,16). The van der Waals surface area contributed by atoms with Crippen LogP contribution in [0.15, 0.2) is 45.9 Å². The van der Waals surface area contributed by atoms with Crippen molar-refractivity contribution in [3.05, 3.63) is 46.8 Å². The van der Waals surface area contributed by atoms with E-state index >= 15 is 0 Å². The minimum atomic E-state index is -3.80. The highest BCUT2D eigenvalue weighted by Gasteiger charge is 2.15. The number of benzene rings is 1. The number of rotatable bonds is 3. The third-order valence-electron chi connectivity index (χ3n) is 2.24. The zero-order chi connectivity index (χ0) is 14.0. The van der Waals surface area contributed by atoms with Crippen LogP contribution in [-0.2, 0) is 10.0 Å². The number of nitrogens with zero attached hydrogens (tertiary/aromatic N) is 1. The van der Waals surface area contributed by atoms with Crippen molar-refractivity contribution in [2.75, 3.05) is 10.5 Å². The van der Waals surface area contributed by atoms with Crippen molar-refractivity contribution >= 4 is 37.5 Å². The molecule has 0 bridgehead atoms. The van der Waals surface area contributed by atoms with Crippen LogP contribution < -0.4 is 10.5 Å². The molecule has 1 aromatic heterocycles. The predicted octanol–water partition coefficient (Wildman–Crippen LogP) is 2.37. The minimum absolute atomic E-state index is 0.000625. The average Bonchev–Trinajstić information content (AvgIpc) is 2.35. The molecule has 0 aliphatic rings. The summed E-state index contributed by atoms with van der Waals surface area (Å²) in [5.41, 5.74) is 5.93. The van der Waals surface area contributed by atoms with Crippen LogP contribution in [0.25, 0.3) is 0 Å². The van der Waals surface area contributed by atoms with Crippen molar-refractivity contribution in [3.63, 3.8) is 0 Å². The Balaban J connectivity index is 2.32. The summed E-state index contributed by atoms with van der Waals surface area (Å²) in [5.74, 6) is -0.515. The zero-order valence-corrected chi connectivity index (χ0v) is 11.9. The van der Waals surface area contributed by atoms with E-state index < -0.39 is 15.8 Å². The fourth-order valence-electron chi connectivity index (χ4n) is 1.32. The fourth-order valence-corrected chi connectivity index (χ4v) is 2.61. The zero-order valence-electron chi connectivity index (χ0n) is 9.47. The number of nitrogens with two attached hydrogens (primary N) is 1. The molecule has 8 heteroatoms. The number of sulfonamides is 1. The van der Waals surface area contributed by atoms with Crippen LogP contribution in [-0.4, -0.2) is 13.4 Å². The van der Waals surface area contributed by atoms with Crippen LogP contribution in [0, 0.1) is 5.82 Å². The first-order chi connectivity index (χ1) is 8.88. The average molecular weight is 346 g/mol. The lowest BCUT2D eigenvalue weighted by Crippen LogP contribution is -2.14. The van der Waals surface area contributed by atoms with Gasteiger partial charge in [-0.15, -0.1) is 0 Å². The molecule has 0 spiro atoms. The summed E-state index contributed by atoms with van der Waals surface area (Å²) in [5, 5.41) is 0. The van der Waals surface area contributed by atoms with E-state index in [2.05, 4.69) is 25.6 Å². The van der Waals surface area contributed by atoms with Gasteiger partial charge in [0.05, 0.1) is 11.1 Å². The van der Waals surface area contributed by atoms with E-state index in [0.717, 1.165) is 12.3 Å². The number of anilines is 2. The molecule has 2 rings (SSSR count). The number of halogens is 2. The molecule has 0 unspecified atom stereocenters. The van der Waals surface area contributed by atoms with E-state index in [0.29, 0.717) is 10.2 Å². The first kappa shape index (κ1) is 13.8. The van der Waals surface area contributed by atoms with Crippen LogP contribution in [0.5, 0.6) is 0 Å². The van der Waals surface area contributed by atoms with Gasteiger partial charge in [-0.25, -0.2) is 17.8 Å². The topological polar surface area (TPSA) is 85.1 Å². The molecule has 0 saturated heterocycles. The predicted molar refractivity (Wildman–Crippen MR) is 73.6 cm³/mol. The highest BCUT2D eigenvalue weighted by atomic mass is 79.9. The summed E-state index contributed by atoms with van der Waals surface area (Å²) in [6, 6.07) is 6.58. The number of hydrogen-bond donors (Lipinski definition) is 2. The number of nitrogen functional groups attached to an aromatic ring is 1. The monoisotopic (exact) mass is 345 g/mol. The molecule has 1 heterocycles. The minimum Gasteiger partial charge on any atom is -0.398 e. The molecule has 19 heavy (non-hydrogen) atoms. The van der Waals surface area contributed by atoms with Crippen LogP contribution >= 0.6 is 15.9 Å². The molecule has 0 amide bonds. The maximum absolute atomic E-state index is 12.7. The van der Waals surface area contributed by atoms with E-state index in [1.807, 2.05) is 0 Å². The van der Waals surface area contributed by atoms with Gasteiger partial charge in [0.1, 0.15) is 11.6 Å². The normalized spacial score (nSPS) is 11.3. The van der Waals surface area contributed by atoms with Gasteiger partial charge in [0.2, 0.25) is 0 Å². The van der Waals surface area contributed by atoms with E-state index in [1.54, 1.807) is 0 Å². The summed E-state index contributed by atoms with van der Waals surface area (Å²) in [4.78, 5) is 3.62. The molecule has 0 aliphatic heterocycles. The Bertz CT molecular complexity index is 704. The fraction of sp³-hybridized carbons (Fsp3) is 0. The van der Waals surface area contributed by atoms with Gasteiger partial charge in [-0.05, 0) is 46.3 Å². The largest absolute Gasteiger partial charge is 0.398 e. The van der Waals surface area contributed by atoms with E-state index in [1.165, 1.54) is 24.3 Å². The van der Waals surface area contributed by atoms with Crippen molar-refractivity contribution in [2.24, 2.45) is 0 Å². The summed E-state index contributed by atoms with van der Waals surface area (Å²) in [6.07, 6.45) is 0.924. The molecule has 0 radical (unpaired) electrons. The smallest absolute Gasteiger partial charge is 0.263 e. The molecule has 0 aliphatic carbocycles. The number of hydrogen-bond acceptors (Lipinski definition) is 4. The van der Waals surface area contributed by atoms with Gasteiger partial charge in [0.15, 0.2) is 0 Å². The Morgan fingerprint density at radius 3 is 2.58 bits per heavy atom. The van der Waals surface area contributed by atoms with Crippen molar-refractivity contribution in [1.29, 1.82) is 0 Å². The van der Waals surface area contributed by atoms with Gasteiger partial charge in [0.25, 0.3) is 10.0 Å². The number of aromatic nitrogens is 1. The van der Waals surface area contributed by atoms with Crippen molar-refractivity contribution in [1.82, 2.24) is 4.98 Å². The summed E-state index contributed by atoms with van der Waals surface area (Å²) in [6.45, 7) is 0. The quantitative estimate of drug-likeness (QED) is 0.836. The lowest BCUT2D eigenvalue weighted by atomic mass is 10.3. The summed E-state index contributed by atoms with van der Waals surface area (Å²) in [7, 11) is -3.80. The first-order valence-electron chi connectivity index (χ1n) is 5.08.